The fourth-order valence-corrected chi connectivity index (χ4v) is 3.04. The molecular weight excluding hydrogens is 403 g/mol. The van der Waals surface area contributed by atoms with Crippen LogP contribution in [0.4, 0.5) is 4.39 Å². The highest BCUT2D eigenvalue weighted by molar-refractivity contribution is 5.81. The third kappa shape index (κ3) is 8.14. The molecule has 32 heavy (non-hydrogen) atoms. The van der Waals surface area contributed by atoms with E-state index in [0.29, 0.717) is 16.9 Å². The summed E-state index contributed by atoms with van der Waals surface area (Å²) in [4.78, 5) is 10.8. The number of ether oxygens (including phenoxy) is 1. The number of alkyl halides is 1. The van der Waals surface area contributed by atoms with Crippen molar-refractivity contribution in [3.63, 3.8) is 0 Å². The van der Waals surface area contributed by atoms with Crippen LogP contribution in [0.15, 0.2) is 54.2 Å². The molecular formula is C28H39FO3. The van der Waals surface area contributed by atoms with Crippen LogP contribution in [0, 0.1) is 0 Å². The highest BCUT2D eigenvalue weighted by Gasteiger charge is 2.27. The molecule has 0 aliphatic carbocycles. The van der Waals surface area contributed by atoms with Crippen LogP contribution >= 0.6 is 0 Å². The van der Waals surface area contributed by atoms with E-state index in [9.17, 15) is 9.18 Å². The molecule has 1 rings (SSSR count). The summed E-state index contributed by atoms with van der Waals surface area (Å²) < 4.78 is 20.4. The maximum absolute atomic E-state index is 14.3. The molecule has 4 heteroatoms. The summed E-state index contributed by atoms with van der Waals surface area (Å²) in [6, 6.07) is 4.27. The minimum absolute atomic E-state index is 0.0788. The van der Waals surface area contributed by atoms with Crippen molar-refractivity contribution in [3.05, 3.63) is 70.9 Å². The van der Waals surface area contributed by atoms with Crippen molar-refractivity contribution in [2.24, 2.45) is 0 Å². The zero-order chi connectivity index (χ0) is 24.9. The molecule has 1 aromatic carbocycles. The first-order valence-electron chi connectivity index (χ1n) is 10.9. The molecule has 0 aromatic heterocycles. The van der Waals surface area contributed by atoms with Gasteiger partial charge in [-0.3, -0.25) is 0 Å². The van der Waals surface area contributed by atoms with Gasteiger partial charge < -0.3 is 9.84 Å². The standard InChI is InChI=1S/C28H39FO3/c1-18(2)24(29)17-32-26-22(20(4)13-11-12-19(3)14-25(30)31)15-21(27(5,6)7)16-23(26)28(8,9)10/h11-16,24H,1,17H2,2-10H3,(H,30,31)/b12-11+,19-14+,20-13-. The third-order valence-corrected chi connectivity index (χ3v) is 5.15. The molecule has 0 bridgehead atoms. The van der Waals surface area contributed by atoms with Gasteiger partial charge in [0, 0.05) is 17.2 Å². The number of allylic oxidation sites excluding steroid dienone is 5. The number of hydrogen-bond acceptors (Lipinski definition) is 2. The average Bonchev–Trinajstić information content (AvgIpc) is 2.62. The molecule has 1 aromatic rings. The highest BCUT2D eigenvalue weighted by Crippen LogP contribution is 2.41. The highest BCUT2D eigenvalue weighted by atomic mass is 19.1. The molecule has 0 heterocycles. The van der Waals surface area contributed by atoms with Crippen LogP contribution in [-0.2, 0) is 15.6 Å². The van der Waals surface area contributed by atoms with E-state index in [1.807, 2.05) is 19.1 Å². The third-order valence-electron chi connectivity index (χ3n) is 5.15. The summed E-state index contributed by atoms with van der Waals surface area (Å²) in [7, 11) is 0. The van der Waals surface area contributed by atoms with Crippen LogP contribution in [0.1, 0.15) is 79.0 Å². The van der Waals surface area contributed by atoms with E-state index < -0.39 is 12.1 Å². The quantitative estimate of drug-likeness (QED) is 0.257. The summed E-state index contributed by atoms with van der Waals surface area (Å²) in [5.41, 5.74) is 4.82. The van der Waals surface area contributed by atoms with Crippen molar-refractivity contribution >= 4 is 11.5 Å². The van der Waals surface area contributed by atoms with E-state index in [0.717, 1.165) is 22.8 Å². The number of hydrogen-bond donors (Lipinski definition) is 1. The van der Waals surface area contributed by atoms with E-state index in [1.54, 1.807) is 19.9 Å². The number of benzene rings is 1. The number of rotatable bonds is 8. The topological polar surface area (TPSA) is 46.5 Å². The Morgan fingerprint density at radius 2 is 1.72 bits per heavy atom. The Balaban J connectivity index is 3.66. The molecule has 0 saturated carbocycles. The van der Waals surface area contributed by atoms with E-state index >= 15 is 0 Å². The molecule has 1 unspecified atom stereocenters. The van der Waals surface area contributed by atoms with Crippen LogP contribution in [-0.4, -0.2) is 23.9 Å². The maximum Gasteiger partial charge on any atom is 0.328 e. The molecule has 0 spiro atoms. The second-order valence-corrected chi connectivity index (χ2v) is 10.5. The second-order valence-electron chi connectivity index (χ2n) is 10.5. The lowest BCUT2D eigenvalue weighted by atomic mass is 9.78. The second kappa shape index (κ2) is 10.8. The zero-order valence-electron chi connectivity index (χ0n) is 21.1. The predicted octanol–water partition coefficient (Wildman–Crippen LogP) is 7.57. The van der Waals surface area contributed by atoms with Gasteiger partial charge in [-0.1, -0.05) is 72.4 Å². The normalized spacial score (nSPS) is 14.6. The molecule has 3 nitrogen and oxygen atoms in total. The number of carbonyl (C=O) groups is 1. The maximum atomic E-state index is 14.3. The smallest absolute Gasteiger partial charge is 0.328 e. The Kier molecular flexibility index (Phi) is 9.25. The lowest BCUT2D eigenvalue weighted by molar-refractivity contribution is -0.131. The lowest BCUT2D eigenvalue weighted by Gasteiger charge is -2.30. The molecule has 1 atom stereocenters. The monoisotopic (exact) mass is 442 g/mol. The predicted molar refractivity (Wildman–Crippen MR) is 133 cm³/mol. The molecule has 1 N–H and O–H groups in total. The van der Waals surface area contributed by atoms with Gasteiger partial charge >= 0.3 is 5.97 Å². The SMILES string of the molecule is C=C(C)C(F)COc1c(\C(C)=C/C=C/C(C)=C/C(=O)O)cc(C(C)(C)C)cc1C(C)(C)C. The number of halogens is 1. The summed E-state index contributed by atoms with van der Waals surface area (Å²) in [5, 5.41) is 8.88. The largest absolute Gasteiger partial charge is 0.489 e. The van der Waals surface area contributed by atoms with Gasteiger partial charge in [-0.05, 0) is 60.0 Å². The molecule has 176 valence electrons. The Labute approximate surface area is 193 Å². The molecule has 0 aliphatic rings. The first-order chi connectivity index (χ1) is 14.5. The molecule has 0 fully saturated rings. The Bertz CT molecular complexity index is 935. The summed E-state index contributed by atoms with van der Waals surface area (Å²) in [5.74, 6) is -0.302. The molecule has 0 aliphatic heterocycles. The van der Waals surface area contributed by atoms with Crippen LogP contribution < -0.4 is 4.74 Å². The average molecular weight is 443 g/mol. The van der Waals surface area contributed by atoms with Crippen molar-refractivity contribution in [2.45, 2.75) is 79.3 Å². The number of carboxylic acids is 1. The van der Waals surface area contributed by atoms with Crippen molar-refractivity contribution in [1.29, 1.82) is 0 Å². The van der Waals surface area contributed by atoms with Gasteiger partial charge in [0.15, 0.2) is 6.17 Å². The summed E-state index contributed by atoms with van der Waals surface area (Å²) in [6.45, 7) is 21.8. The fourth-order valence-electron chi connectivity index (χ4n) is 3.04. The number of carboxylic acid groups (broad SMARTS) is 1. The van der Waals surface area contributed by atoms with Crippen molar-refractivity contribution < 1.29 is 19.0 Å². The molecule has 0 amide bonds. The van der Waals surface area contributed by atoms with Gasteiger partial charge in [-0.2, -0.15) is 0 Å². The van der Waals surface area contributed by atoms with E-state index in [-0.39, 0.29) is 17.4 Å². The van der Waals surface area contributed by atoms with E-state index in [4.69, 9.17) is 9.84 Å². The van der Waals surface area contributed by atoms with Crippen LogP contribution in [0.2, 0.25) is 0 Å². The van der Waals surface area contributed by atoms with E-state index in [2.05, 4.69) is 60.3 Å². The zero-order valence-corrected chi connectivity index (χ0v) is 21.1. The van der Waals surface area contributed by atoms with Gasteiger partial charge in [0.2, 0.25) is 0 Å². The summed E-state index contributed by atoms with van der Waals surface area (Å²) in [6.07, 6.45) is 5.40. The Morgan fingerprint density at radius 1 is 1.12 bits per heavy atom. The summed E-state index contributed by atoms with van der Waals surface area (Å²) >= 11 is 0. The van der Waals surface area contributed by atoms with Crippen LogP contribution in [0.25, 0.3) is 5.57 Å². The van der Waals surface area contributed by atoms with Crippen molar-refractivity contribution in [1.82, 2.24) is 0 Å². The van der Waals surface area contributed by atoms with Crippen molar-refractivity contribution in [2.75, 3.05) is 6.61 Å². The minimum atomic E-state index is -1.24. The van der Waals surface area contributed by atoms with Gasteiger partial charge in [0.05, 0.1) is 0 Å². The van der Waals surface area contributed by atoms with Crippen LogP contribution in [0.3, 0.4) is 0 Å². The fraction of sp³-hybridized carbons (Fsp3) is 0.464. The van der Waals surface area contributed by atoms with Gasteiger partial charge in [-0.15, -0.1) is 0 Å². The van der Waals surface area contributed by atoms with E-state index in [1.165, 1.54) is 5.56 Å². The molecule has 0 radical (unpaired) electrons. The van der Waals surface area contributed by atoms with Gasteiger partial charge in [-0.25, -0.2) is 9.18 Å². The molecule has 0 saturated heterocycles. The minimum Gasteiger partial charge on any atom is -0.489 e. The Hall–Kier alpha value is -2.62. The van der Waals surface area contributed by atoms with Gasteiger partial charge in [0.25, 0.3) is 0 Å². The lowest BCUT2D eigenvalue weighted by Crippen LogP contribution is -2.21. The van der Waals surface area contributed by atoms with Crippen LogP contribution in [0.5, 0.6) is 5.75 Å². The first-order valence-corrected chi connectivity index (χ1v) is 10.9. The number of aliphatic carboxylic acids is 1. The van der Waals surface area contributed by atoms with Gasteiger partial charge in [0.1, 0.15) is 12.4 Å². The first kappa shape index (κ1) is 27.4. The van der Waals surface area contributed by atoms with Crippen molar-refractivity contribution in [3.8, 4) is 5.75 Å². The Morgan fingerprint density at radius 3 is 2.19 bits per heavy atom.